The topological polar surface area (TPSA) is 41.4 Å². The van der Waals surface area contributed by atoms with Crippen LogP contribution in [0.1, 0.15) is 44.6 Å². The van der Waals surface area contributed by atoms with Crippen LogP contribution in [-0.4, -0.2) is 50.2 Å². The van der Waals surface area contributed by atoms with E-state index in [0.29, 0.717) is 24.9 Å². The lowest BCUT2D eigenvalue weighted by Crippen LogP contribution is -2.62. The third-order valence-corrected chi connectivity index (χ3v) is 5.57. The molecule has 0 saturated carbocycles. The molecular weight excluding hydrogens is 288 g/mol. The predicted molar refractivity (Wildman–Crippen MR) is 90.8 cm³/mol. The Balaban J connectivity index is 1.85. The van der Waals surface area contributed by atoms with E-state index in [0.717, 1.165) is 38.8 Å². The summed E-state index contributed by atoms with van der Waals surface area (Å²) in [5.74, 6) is 0.298. The van der Waals surface area contributed by atoms with Crippen molar-refractivity contribution in [3.63, 3.8) is 0 Å². The first-order chi connectivity index (χ1) is 11.1. The fraction of sp³-hybridized carbons (Fsp3) is 0.667. The summed E-state index contributed by atoms with van der Waals surface area (Å²) in [7, 11) is 1.96. The molecule has 0 aromatic carbocycles. The fourth-order valence-corrected chi connectivity index (χ4v) is 4.73. The molecule has 3 rings (SSSR count). The van der Waals surface area contributed by atoms with Gasteiger partial charge in [0.1, 0.15) is 0 Å². The van der Waals surface area contributed by atoms with Crippen LogP contribution in [0.15, 0.2) is 25.0 Å². The molecule has 0 bridgehead atoms. The van der Waals surface area contributed by atoms with Gasteiger partial charge in [-0.1, -0.05) is 13.0 Å². The maximum absolute atomic E-state index is 12.4. The van der Waals surface area contributed by atoms with Crippen molar-refractivity contribution in [1.29, 1.82) is 0 Å². The molecule has 5 nitrogen and oxygen atoms in total. The summed E-state index contributed by atoms with van der Waals surface area (Å²) >= 11 is 0. The quantitative estimate of drug-likeness (QED) is 0.783. The van der Waals surface area contributed by atoms with Crippen LogP contribution in [-0.2, 0) is 18.4 Å². The van der Waals surface area contributed by atoms with Crippen molar-refractivity contribution in [3.8, 4) is 0 Å². The minimum Gasteiger partial charge on any atom is -0.332 e. The molecule has 1 amide bonds. The molecule has 1 spiro atoms. The van der Waals surface area contributed by atoms with Gasteiger partial charge in [-0.15, -0.1) is 6.58 Å². The zero-order valence-electron chi connectivity index (χ0n) is 14.4. The van der Waals surface area contributed by atoms with Gasteiger partial charge in [-0.3, -0.25) is 14.4 Å². The van der Waals surface area contributed by atoms with Crippen LogP contribution in [0.2, 0.25) is 0 Å². The Hall–Kier alpha value is -1.62. The average molecular weight is 316 g/mol. The lowest BCUT2D eigenvalue weighted by atomic mass is 9.77. The maximum atomic E-state index is 12.4. The number of likely N-dealkylation sites (tertiary alicyclic amines) is 2. The number of aryl methyl sites for hydroxylation is 1. The van der Waals surface area contributed by atoms with Crippen molar-refractivity contribution in [2.45, 2.75) is 57.2 Å². The number of nitrogens with zero attached hydrogens (tertiary/aromatic N) is 4. The third kappa shape index (κ3) is 2.82. The Labute approximate surface area is 138 Å². The van der Waals surface area contributed by atoms with Crippen molar-refractivity contribution in [2.75, 3.05) is 13.1 Å². The van der Waals surface area contributed by atoms with Crippen LogP contribution < -0.4 is 0 Å². The van der Waals surface area contributed by atoms with E-state index in [1.807, 2.05) is 24.0 Å². The number of piperidine rings is 1. The molecule has 0 N–H and O–H groups in total. The van der Waals surface area contributed by atoms with Gasteiger partial charge in [0.25, 0.3) is 0 Å². The van der Waals surface area contributed by atoms with Crippen molar-refractivity contribution in [1.82, 2.24) is 19.6 Å². The number of rotatable bonds is 5. The van der Waals surface area contributed by atoms with E-state index in [4.69, 9.17) is 0 Å². The van der Waals surface area contributed by atoms with Crippen molar-refractivity contribution in [2.24, 2.45) is 7.05 Å². The first kappa shape index (κ1) is 16.2. The summed E-state index contributed by atoms with van der Waals surface area (Å²) in [5.41, 5.74) is 1.25. The minimum atomic E-state index is 0.000478. The summed E-state index contributed by atoms with van der Waals surface area (Å²) in [6.45, 7) is 8.81. The molecule has 2 atom stereocenters. The second kappa shape index (κ2) is 6.48. The van der Waals surface area contributed by atoms with Gasteiger partial charge < -0.3 is 4.90 Å². The van der Waals surface area contributed by atoms with Crippen molar-refractivity contribution < 1.29 is 4.79 Å². The lowest BCUT2D eigenvalue weighted by molar-refractivity contribution is -0.134. The molecule has 3 heterocycles. The van der Waals surface area contributed by atoms with E-state index < -0.39 is 0 Å². The van der Waals surface area contributed by atoms with Crippen LogP contribution >= 0.6 is 0 Å². The summed E-state index contributed by atoms with van der Waals surface area (Å²) in [6, 6.07) is 0.419. The highest BCUT2D eigenvalue weighted by Gasteiger charge is 2.52. The number of aromatic nitrogens is 2. The van der Waals surface area contributed by atoms with Gasteiger partial charge in [0, 0.05) is 44.4 Å². The van der Waals surface area contributed by atoms with Gasteiger partial charge in [0.15, 0.2) is 0 Å². The van der Waals surface area contributed by atoms with E-state index in [1.165, 1.54) is 5.56 Å². The van der Waals surface area contributed by atoms with E-state index >= 15 is 0 Å². The summed E-state index contributed by atoms with van der Waals surface area (Å²) in [6.07, 6.45) is 10.9. The van der Waals surface area contributed by atoms with Gasteiger partial charge in [0.05, 0.1) is 11.7 Å². The first-order valence-electron chi connectivity index (χ1n) is 8.73. The molecule has 0 radical (unpaired) electrons. The lowest BCUT2D eigenvalue weighted by Gasteiger charge is -2.52. The second-order valence-electron chi connectivity index (χ2n) is 6.92. The standard InChI is InChI=1S/C18H28N4O/c1-4-10-22-17(23)7-9-18(22)8-6-11-21(16(18)5-2)14-15-12-19-20(3)13-15/h4,12-13,16H,1,5-11,14H2,2-3H3/t16-,18-/m0/s1. The molecule has 0 unspecified atom stereocenters. The first-order valence-corrected chi connectivity index (χ1v) is 8.73. The Morgan fingerprint density at radius 1 is 1.48 bits per heavy atom. The molecule has 2 saturated heterocycles. The third-order valence-electron chi connectivity index (χ3n) is 5.57. The number of hydrogen-bond acceptors (Lipinski definition) is 3. The van der Waals surface area contributed by atoms with E-state index in [9.17, 15) is 4.79 Å². The zero-order chi connectivity index (χ0) is 16.4. The summed E-state index contributed by atoms with van der Waals surface area (Å²) in [4.78, 5) is 17.1. The van der Waals surface area contributed by atoms with Crippen LogP contribution in [0, 0.1) is 0 Å². The van der Waals surface area contributed by atoms with Crippen LogP contribution in [0.25, 0.3) is 0 Å². The van der Waals surface area contributed by atoms with E-state index in [1.54, 1.807) is 0 Å². The molecule has 0 aliphatic carbocycles. The Morgan fingerprint density at radius 3 is 2.96 bits per heavy atom. The molecule has 5 heteroatoms. The number of carbonyl (C=O) groups excluding carboxylic acids is 1. The Morgan fingerprint density at radius 2 is 2.30 bits per heavy atom. The largest absolute Gasteiger partial charge is 0.332 e. The maximum Gasteiger partial charge on any atom is 0.223 e. The van der Waals surface area contributed by atoms with Gasteiger partial charge in [0.2, 0.25) is 5.91 Å². The molecule has 2 aliphatic heterocycles. The average Bonchev–Trinajstić information content (AvgIpc) is 3.07. The van der Waals surface area contributed by atoms with E-state index in [2.05, 4.69) is 34.6 Å². The van der Waals surface area contributed by atoms with Crippen LogP contribution in [0.5, 0.6) is 0 Å². The highest BCUT2D eigenvalue weighted by Crippen LogP contribution is 2.43. The molecular formula is C18H28N4O. The fourth-order valence-electron chi connectivity index (χ4n) is 4.73. The Bertz CT molecular complexity index is 581. The van der Waals surface area contributed by atoms with Crippen molar-refractivity contribution >= 4 is 5.91 Å². The molecule has 126 valence electrons. The predicted octanol–water partition coefficient (Wildman–Crippen LogP) is 2.34. The minimum absolute atomic E-state index is 0.000478. The highest BCUT2D eigenvalue weighted by molar-refractivity contribution is 5.80. The SMILES string of the molecule is C=CCN1C(=O)CC[C@]12CCCN(Cc1cnn(C)c1)[C@H]2CC. The molecule has 1 aromatic rings. The van der Waals surface area contributed by atoms with Gasteiger partial charge in [-0.2, -0.15) is 5.10 Å². The monoisotopic (exact) mass is 316 g/mol. The number of hydrogen-bond donors (Lipinski definition) is 0. The summed E-state index contributed by atoms with van der Waals surface area (Å²) in [5, 5.41) is 4.29. The second-order valence-corrected chi connectivity index (χ2v) is 6.92. The molecule has 23 heavy (non-hydrogen) atoms. The molecule has 1 aromatic heterocycles. The zero-order valence-corrected chi connectivity index (χ0v) is 14.4. The Kier molecular flexibility index (Phi) is 4.57. The molecule has 2 aliphatic rings. The van der Waals surface area contributed by atoms with Crippen molar-refractivity contribution in [3.05, 3.63) is 30.6 Å². The summed E-state index contributed by atoms with van der Waals surface area (Å²) < 4.78 is 1.86. The highest BCUT2D eigenvalue weighted by atomic mass is 16.2. The van der Waals surface area contributed by atoms with Crippen LogP contribution in [0.3, 0.4) is 0 Å². The smallest absolute Gasteiger partial charge is 0.223 e. The van der Waals surface area contributed by atoms with E-state index in [-0.39, 0.29) is 5.54 Å². The normalized spacial score (nSPS) is 28.7. The van der Waals surface area contributed by atoms with Crippen LogP contribution in [0.4, 0.5) is 0 Å². The van der Waals surface area contributed by atoms with Gasteiger partial charge >= 0.3 is 0 Å². The van der Waals surface area contributed by atoms with Gasteiger partial charge in [-0.05, 0) is 32.2 Å². The molecule has 2 fully saturated rings. The number of amides is 1. The van der Waals surface area contributed by atoms with Gasteiger partial charge in [-0.25, -0.2) is 0 Å². The number of carbonyl (C=O) groups is 1.